The maximum Gasteiger partial charge on any atom is 0.305 e. The zero-order valence-corrected chi connectivity index (χ0v) is 12.9. The first-order valence-electron chi connectivity index (χ1n) is 6.42. The van der Waals surface area contributed by atoms with E-state index in [1.54, 1.807) is 13.0 Å². The summed E-state index contributed by atoms with van der Waals surface area (Å²) in [6.45, 7) is 7.28. The first kappa shape index (κ1) is 15.8. The number of benzene rings is 1. The summed E-state index contributed by atoms with van der Waals surface area (Å²) < 4.78 is 13.7. The van der Waals surface area contributed by atoms with Gasteiger partial charge in [0.1, 0.15) is 0 Å². The van der Waals surface area contributed by atoms with Crippen molar-refractivity contribution in [3.8, 4) is 0 Å². The molecule has 7 heteroatoms. The zero-order chi connectivity index (χ0) is 16.3. The lowest BCUT2D eigenvalue weighted by atomic mass is 10.1. The number of hydrogen-bond acceptors (Lipinski definition) is 5. The van der Waals surface area contributed by atoms with Crippen molar-refractivity contribution in [3.05, 3.63) is 63.4 Å². The van der Waals surface area contributed by atoms with E-state index in [0.29, 0.717) is 16.4 Å². The fraction of sp³-hybridized carbons (Fsp3) is 0.133. The molecule has 1 heterocycles. The summed E-state index contributed by atoms with van der Waals surface area (Å²) in [7, 11) is 0. The highest BCUT2D eigenvalue weighted by Crippen LogP contribution is 2.30. The Morgan fingerprint density at radius 2 is 2.27 bits per heavy atom. The van der Waals surface area contributed by atoms with Crippen molar-refractivity contribution in [2.45, 2.75) is 13.8 Å². The Balaban J connectivity index is 2.30. The maximum atomic E-state index is 13.7. The van der Waals surface area contributed by atoms with Gasteiger partial charge in [-0.25, -0.2) is 4.98 Å². The monoisotopic (exact) mass is 319 g/mol. The molecule has 2 aromatic rings. The predicted molar refractivity (Wildman–Crippen MR) is 87.0 cm³/mol. The second kappa shape index (κ2) is 6.48. The molecule has 0 aliphatic rings. The largest absolute Gasteiger partial charge is 0.331 e. The summed E-state index contributed by atoms with van der Waals surface area (Å²) in [5, 5.41) is 16.1. The van der Waals surface area contributed by atoms with Crippen molar-refractivity contribution in [2.24, 2.45) is 0 Å². The molecule has 114 valence electrons. The highest BCUT2D eigenvalue weighted by Gasteiger charge is 2.17. The molecule has 0 amide bonds. The molecule has 0 saturated heterocycles. The standard InChI is InChI=1S/C15H14FN3O2S/c1-4-10(5-2)13-8-22-15(18-13)17-12-7-11(16)14(19(20)21)6-9(12)3/h4-8H,1H2,2-3H3,(H,17,18)/b10-5+. The third-order valence-corrected chi connectivity index (χ3v) is 3.82. The van der Waals surface area contributed by atoms with Crippen LogP contribution in [-0.4, -0.2) is 9.91 Å². The molecule has 0 atom stereocenters. The molecule has 2 rings (SSSR count). The van der Waals surface area contributed by atoms with E-state index in [1.165, 1.54) is 17.4 Å². The summed E-state index contributed by atoms with van der Waals surface area (Å²) in [6.07, 6.45) is 3.60. The number of anilines is 2. The van der Waals surface area contributed by atoms with E-state index < -0.39 is 16.4 Å². The smallest absolute Gasteiger partial charge is 0.305 e. The molecular weight excluding hydrogens is 305 g/mol. The molecule has 0 spiro atoms. The molecular formula is C15H14FN3O2S. The minimum Gasteiger partial charge on any atom is -0.331 e. The van der Waals surface area contributed by atoms with Gasteiger partial charge in [0.2, 0.25) is 5.82 Å². The lowest BCUT2D eigenvalue weighted by Crippen LogP contribution is -1.98. The fourth-order valence-electron chi connectivity index (χ4n) is 1.89. The predicted octanol–water partition coefficient (Wildman–Crippen LogP) is 4.83. The van der Waals surface area contributed by atoms with E-state index in [4.69, 9.17) is 0 Å². The third kappa shape index (κ3) is 3.20. The quantitative estimate of drug-likeness (QED) is 0.487. The van der Waals surface area contributed by atoms with Gasteiger partial charge in [-0.3, -0.25) is 10.1 Å². The summed E-state index contributed by atoms with van der Waals surface area (Å²) in [5.41, 5.74) is 2.15. The summed E-state index contributed by atoms with van der Waals surface area (Å²) in [5.74, 6) is -0.880. The topological polar surface area (TPSA) is 68.1 Å². The highest BCUT2D eigenvalue weighted by molar-refractivity contribution is 7.13. The van der Waals surface area contributed by atoms with Gasteiger partial charge >= 0.3 is 5.69 Å². The van der Waals surface area contributed by atoms with Gasteiger partial charge in [0.15, 0.2) is 5.13 Å². The van der Waals surface area contributed by atoms with Crippen molar-refractivity contribution >= 4 is 33.4 Å². The van der Waals surface area contributed by atoms with Crippen molar-refractivity contribution in [1.29, 1.82) is 0 Å². The summed E-state index contributed by atoms with van der Waals surface area (Å²) >= 11 is 1.36. The Labute approximate surface area is 131 Å². The van der Waals surface area contributed by atoms with Crippen LogP contribution < -0.4 is 5.32 Å². The fourth-order valence-corrected chi connectivity index (χ4v) is 2.62. The van der Waals surface area contributed by atoms with Crippen molar-refractivity contribution in [1.82, 2.24) is 4.98 Å². The first-order valence-corrected chi connectivity index (χ1v) is 7.30. The third-order valence-electron chi connectivity index (χ3n) is 3.06. The van der Waals surface area contributed by atoms with E-state index in [1.807, 2.05) is 18.4 Å². The number of aryl methyl sites for hydroxylation is 1. The molecule has 1 aromatic carbocycles. The number of rotatable bonds is 5. The summed E-state index contributed by atoms with van der Waals surface area (Å²) in [6, 6.07) is 2.31. The number of halogens is 1. The number of aromatic nitrogens is 1. The van der Waals surface area contributed by atoms with E-state index in [9.17, 15) is 14.5 Å². The minimum absolute atomic E-state index is 0.449. The summed E-state index contributed by atoms with van der Waals surface area (Å²) in [4.78, 5) is 14.4. The molecule has 0 aliphatic carbocycles. The molecule has 0 fully saturated rings. The molecule has 0 bridgehead atoms. The second-order valence-electron chi connectivity index (χ2n) is 4.49. The molecule has 1 aromatic heterocycles. The van der Waals surface area contributed by atoms with Crippen LogP contribution in [0.15, 0.2) is 36.2 Å². The Bertz CT molecular complexity index is 768. The molecule has 1 N–H and O–H groups in total. The SMILES string of the molecule is C=C/C(=C\C)c1csc(Nc2cc(F)c([N+](=O)[O-])cc2C)n1. The second-order valence-corrected chi connectivity index (χ2v) is 5.34. The van der Waals surface area contributed by atoms with Gasteiger partial charge in [-0.15, -0.1) is 11.3 Å². The van der Waals surface area contributed by atoms with Crippen LogP contribution >= 0.6 is 11.3 Å². The lowest BCUT2D eigenvalue weighted by Gasteiger charge is -2.07. The first-order chi connectivity index (χ1) is 10.5. The molecule has 0 aliphatic heterocycles. The van der Waals surface area contributed by atoms with Crippen LogP contribution in [0.5, 0.6) is 0 Å². The number of nitro benzene ring substituents is 1. The Hall–Kier alpha value is -2.54. The van der Waals surface area contributed by atoms with Gasteiger partial charge in [0.25, 0.3) is 0 Å². The number of nitro groups is 1. The van der Waals surface area contributed by atoms with Crippen LogP contribution in [-0.2, 0) is 0 Å². The van der Waals surface area contributed by atoms with Crippen molar-refractivity contribution in [3.63, 3.8) is 0 Å². The van der Waals surface area contributed by atoms with Gasteiger partial charge in [0.05, 0.1) is 10.6 Å². The number of thiazole rings is 1. The lowest BCUT2D eigenvalue weighted by molar-refractivity contribution is -0.387. The van der Waals surface area contributed by atoms with E-state index in [-0.39, 0.29) is 0 Å². The Kier molecular flexibility index (Phi) is 4.67. The van der Waals surface area contributed by atoms with Crippen LogP contribution in [0.3, 0.4) is 0 Å². The van der Waals surface area contributed by atoms with Gasteiger partial charge < -0.3 is 5.32 Å². The number of nitrogens with one attached hydrogen (secondary N) is 1. The van der Waals surface area contributed by atoms with Crippen LogP contribution in [0.4, 0.5) is 20.9 Å². The van der Waals surface area contributed by atoms with Gasteiger partial charge in [-0.05, 0) is 25.0 Å². The Morgan fingerprint density at radius 1 is 1.55 bits per heavy atom. The number of allylic oxidation sites excluding steroid dienone is 3. The zero-order valence-electron chi connectivity index (χ0n) is 12.1. The van der Waals surface area contributed by atoms with Gasteiger partial charge in [-0.1, -0.05) is 18.7 Å². The molecule has 0 unspecified atom stereocenters. The van der Waals surface area contributed by atoms with Crippen LogP contribution in [0.2, 0.25) is 0 Å². The van der Waals surface area contributed by atoms with Crippen LogP contribution in [0, 0.1) is 22.9 Å². The molecule has 0 saturated carbocycles. The number of hydrogen-bond donors (Lipinski definition) is 1. The van der Waals surface area contributed by atoms with E-state index in [2.05, 4.69) is 16.9 Å². The van der Waals surface area contributed by atoms with Gasteiger partial charge in [0, 0.05) is 23.2 Å². The molecule has 5 nitrogen and oxygen atoms in total. The average molecular weight is 319 g/mol. The normalized spacial score (nSPS) is 11.3. The highest BCUT2D eigenvalue weighted by atomic mass is 32.1. The van der Waals surface area contributed by atoms with Crippen LogP contribution in [0.1, 0.15) is 18.2 Å². The molecule has 0 radical (unpaired) electrons. The minimum atomic E-state index is -0.880. The number of nitrogens with zero attached hydrogens (tertiary/aromatic N) is 2. The average Bonchev–Trinajstić information content (AvgIpc) is 2.92. The van der Waals surface area contributed by atoms with E-state index in [0.717, 1.165) is 17.3 Å². The van der Waals surface area contributed by atoms with Crippen LogP contribution in [0.25, 0.3) is 5.57 Å². The molecule has 22 heavy (non-hydrogen) atoms. The Morgan fingerprint density at radius 3 is 2.86 bits per heavy atom. The van der Waals surface area contributed by atoms with Crippen molar-refractivity contribution < 1.29 is 9.31 Å². The van der Waals surface area contributed by atoms with Gasteiger partial charge in [-0.2, -0.15) is 4.39 Å². The van der Waals surface area contributed by atoms with Crippen molar-refractivity contribution in [2.75, 3.05) is 5.32 Å². The van der Waals surface area contributed by atoms with E-state index >= 15 is 0 Å². The maximum absolute atomic E-state index is 13.7.